The van der Waals surface area contributed by atoms with Gasteiger partial charge in [-0.1, -0.05) is 34.1 Å². The fraction of sp³-hybridized carbons (Fsp3) is 0.0588. The Morgan fingerprint density at radius 2 is 2.00 bits per heavy atom. The van der Waals surface area contributed by atoms with E-state index in [2.05, 4.69) is 26.2 Å². The zero-order valence-corrected chi connectivity index (χ0v) is 14.6. The summed E-state index contributed by atoms with van der Waals surface area (Å²) in [6, 6.07) is 15.1. The highest BCUT2D eigenvalue weighted by Crippen LogP contribution is 2.29. The Bertz CT molecular complexity index is 800. The first kappa shape index (κ1) is 15.8. The predicted molar refractivity (Wildman–Crippen MR) is 97.9 cm³/mol. The van der Waals surface area contributed by atoms with E-state index >= 15 is 0 Å². The first-order chi connectivity index (χ1) is 11.1. The molecule has 6 heteroatoms. The molecule has 3 rings (SSSR count). The van der Waals surface area contributed by atoms with Crippen LogP contribution in [0.5, 0.6) is 5.75 Å². The lowest BCUT2D eigenvalue weighted by Gasteiger charge is -1.99. The normalized spacial score (nSPS) is 17.6. The summed E-state index contributed by atoms with van der Waals surface area (Å²) in [6.07, 6.45) is 1.84. The summed E-state index contributed by atoms with van der Waals surface area (Å²) in [5.41, 5.74) is 1.72. The summed E-state index contributed by atoms with van der Waals surface area (Å²) >= 11 is 4.73. The van der Waals surface area contributed by atoms with Gasteiger partial charge in [-0.3, -0.25) is 4.79 Å². The van der Waals surface area contributed by atoms with Crippen molar-refractivity contribution in [3.8, 4) is 5.75 Å². The van der Waals surface area contributed by atoms with Crippen LogP contribution in [0.3, 0.4) is 0 Å². The van der Waals surface area contributed by atoms with Crippen molar-refractivity contribution in [2.24, 2.45) is 4.99 Å². The fourth-order valence-corrected chi connectivity index (χ4v) is 3.22. The van der Waals surface area contributed by atoms with Crippen LogP contribution in [0, 0.1) is 0 Å². The van der Waals surface area contributed by atoms with Crippen molar-refractivity contribution in [3.05, 3.63) is 63.5 Å². The number of hydrogen-bond acceptors (Lipinski definition) is 4. The number of methoxy groups -OCH3 is 1. The maximum Gasteiger partial charge on any atom is 0.264 e. The number of hydrogen-bond donors (Lipinski definition) is 1. The van der Waals surface area contributed by atoms with Crippen molar-refractivity contribution in [2.45, 2.75) is 0 Å². The molecule has 1 N–H and O–H groups in total. The van der Waals surface area contributed by atoms with E-state index in [4.69, 9.17) is 4.74 Å². The van der Waals surface area contributed by atoms with E-state index in [1.54, 1.807) is 7.11 Å². The van der Waals surface area contributed by atoms with Crippen molar-refractivity contribution in [2.75, 3.05) is 7.11 Å². The second-order valence-corrected chi connectivity index (χ2v) is 6.68. The number of halogens is 1. The molecule has 0 aromatic heterocycles. The maximum atomic E-state index is 12.1. The first-order valence-corrected chi connectivity index (χ1v) is 8.44. The topological polar surface area (TPSA) is 50.7 Å². The number of aliphatic imine (C=N–C) groups is 1. The van der Waals surface area contributed by atoms with Gasteiger partial charge in [0.25, 0.3) is 5.91 Å². The summed E-state index contributed by atoms with van der Waals surface area (Å²) in [5, 5.41) is 3.36. The van der Waals surface area contributed by atoms with Gasteiger partial charge in [-0.2, -0.15) is 0 Å². The Hall–Kier alpha value is -2.05. The molecule has 0 aliphatic carbocycles. The molecular formula is C17H13BrN2O2S. The molecule has 1 amide bonds. The Balaban J connectivity index is 1.80. The Morgan fingerprint density at radius 3 is 2.70 bits per heavy atom. The monoisotopic (exact) mass is 388 g/mol. The largest absolute Gasteiger partial charge is 0.497 e. The lowest BCUT2D eigenvalue weighted by atomic mass is 10.2. The molecule has 0 atom stereocenters. The van der Waals surface area contributed by atoms with E-state index in [0.29, 0.717) is 10.1 Å². The molecule has 2 aromatic carbocycles. The minimum atomic E-state index is -0.139. The second kappa shape index (κ2) is 7.02. The Kier molecular flexibility index (Phi) is 4.83. The minimum Gasteiger partial charge on any atom is -0.497 e. The quantitative estimate of drug-likeness (QED) is 0.795. The van der Waals surface area contributed by atoms with Crippen LogP contribution < -0.4 is 10.1 Å². The molecule has 23 heavy (non-hydrogen) atoms. The molecule has 1 aliphatic rings. The van der Waals surface area contributed by atoms with Gasteiger partial charge in [-0.25, -0.2) is 4.99 Å². The smallest absolute Gasteiger partial charge is 0.264 e. The lowest BCUT2D eigenvalue weighted by molar-refractivity contribution is -0.115. The number of benzene rings is 2. The average molecular weight is 389 g/mol. The van der Waals surface area contributed by atoms with Crippen LogP contribution in [0.2, 0.25) is 0 Å². The zero-order chi connectivity index (χ0) is 16.2. The van der Waals surface area contributed by atoms with Crippen molar-refractivity contribution < 1.29 is 9.53 Å². The SMILES string of the molecule is COc1ccc(/C=C2\SC(=Nc3cccc(Br)c3)NC2=O)cc1. The van der Waals surface area contributed by atoms with Crippen molar-refractivity contribution >= 4 is 50.5 Å². The van der Waals surface area contributed by atoms with Crippen LogP contribution in [-0.2, 0) is 4.79 Å². The number of rotatable bonds is 3. The highest BCUT2D eigenvalue weighted by molar-refractivity contribution is 9.10. The molecule has 1 aliphatic heterocycles. The number of amidine groups is 1. The second-order valence-electron chi connectivity index (χ2n) is 4.73. The van der Waals surface area contributed by atoms with Crippen molar-refractivity contribution in [1.29, 1.82) is 0 Å². The summed E-state index contributed by atoms with van der Waals surface area (Å²) in [5.74, 6) is 0.646. The van der Waals surface area contributed by atoms with E-state index in [1.165, 1.54) is 11.8 Å². The number of ether oxygens (including phenoxy) is 1. The maximum absolute atomic E-state index is 12.1. The van der Waals surface area contributed by atoms with Crippen LogP contribution in [0.15, 0.2) is 62.9 Å². The van der Waals surface area contributed by atoms with E-state index in [9.17, 15) is 4.79 Å². The van der Waals surface area contributed by atoms with Gasteiger partial charge in [-0.15, -0.1) is 0 Å². The van der Waals surface area contributed by atoms with Gasteiger partial charge in [0.15, 0.2) is 5.17 Å². The molecule has 116 valence electrons. The first-order valence-electron chi connectivity index (χ1n) is 6.83. The number of carbonyl (C=O) groups excluding carboxylic acids is 1. The summed E-state index contributed by atoms with van der Waals surface area (Å²) in [6.45, 7) is 0. The predicted octanol–water partition coefficient (Wildman–Crippen LogP) is 4.35. The van der Waals surface area contributed by atoms with Crippen LogP contribution in [0.1, 0.15) is 5.56 Å². The Morgan fingerprint density at radius 1 is 1.22 bits per heavy atom. The molecule has 0 spiro atoms. The summed E-state index contributed by atoms with van der Waals surface area (Å²) < 4.78 is 6.07. The Labute approximate surface area is 146 Å². The minimum absolute atomic E-state index is 0.139. The average Bonchev–Trinajstić information content (AvgIpc) is 2.87. The van der Waals surface area contributed by atoms with Crippen LogP contribution in [0.4, 0.5) is 5.69 Å². The van der Waals surface area contributed by atoms with Gasteiger partial charge < -0.3 is 10.1 Å². The standard InChI is InChI=1S/C17H13BrN2O2S/c1-22-14-7-5-11(6-8-14)9-15-16(21)20-17(23-15)19-13-4-2-3-12(18)10-13/h2-10H,1H3,(H,19,20,21)/b15-9-. The van der Waals surface area contributed by atoms with Gasteiger partial charge in [-0.05, 0) is 53.7 Å². The van der Waals surface area contributed by atoms with Crippen LogP contribution in [0.25, 0.3) is 6.08 Å². The lowest BCUT2D eigenvalue weighted by Crippen LogP contribution is -2.19. The van der Waals surface area contributed by atoms with Gasteiger partial charge in [0.2, 0.25) is 0 Å². The number of carbonyl (C=O) groups is 1. The number of amides is 1. The van der Waals surface area contributed by atoms with Gasteiger partial charge >= 0.3 is 0 Å². The number of nitrogens with zero attached hydrogens (tertiary/aromatic N) is 1. The molecule has 1 saturated heterocycles. The summed E-state index contributed by atoms with van der Waals surface area (Å²) in [4.78, 5) is 17.1. The molecule has 1 heterocycles. The molecule has 2 aromatic rings. The van der Waals surface area contributed by atoms with Crippen LogP contribution in [-0.4, -0.2) is 18.2 Å². The van der Waals surface area contributed by atoms with E-state index < -0.39 is 0 Å². The molecule has 0 radical (unpaired) electrons. The van der Waals surface area contributed by atoms with E-state index in [1.807, 2.05) is 54.6 Å². The van der Waals surface area contributed by atoms with E-state index in [0.717, 1.165) is 21.5 Å². The molecule has 4 nitrogen and oxygen atoms in total. The summed E-state index contributed by atoms with van der Waals surface area (Å²) in [7, 11) is 1.62. The number of thioether (sulfide) groups is 1. The van der Waals surface area contributed by atoms with E-state index in [-0.39, 0.29) is 5.91 Å². The highest BCUT2D eigenvalue weighted by atomic mass is 79.9. The van der Waals surface area contributed by atoms with Gasteiger partial charge in [0, 0.05) is 4.47 Å². The zero-order valence-electron chi connectivity index (χ0n) is 12.2. The molecule has 0 unspecified atom stereocenters. The van der Waals surface area contributed by atoms with Gasteiger partial charge in [0.1, 0.15) is 5.75 Å². The van der Waals surface area contributed by atoms with Crippen molar-refractivity contribution in [3.63, 3.8) is 0 Å². The third-order valence-electron chi connectivity index (χ3n) is 3.10. The van der Waals surface area contributed by atoms with Crippen molar-refractivity contribution in [1.82, 2.24) is 5.32 Å². The third kappa shape index (κ3) is 4.03. The molecule has 0 bridgehead atoms. The molecular weight excluding hydrogens is 376 g/mol. The molecule has 0 saturated carbocycles. The third-order valence-corrected chi connectivity index (χ3v) is 4.51. The highest BCUT2D eigenvalue weighted by Gasteiger charge is 2.23. The number of nitrogens with one attached hydrogen (secondary N) is 1. The van der Waals surface area contributed by atoms with Gasteiger partial charge in [0.05, 0.1) is 17.7 Å². The fourth-order valence-electron chi connectivity index (χ4n) is 1.99. The van der Waals surface area contributed by atoms with Crippen LogP contribution >= 0.6 is 27.7 Å². The molecule has 1 fully saturated rings.